The van der Waals surface area contributed by atoms with E-state index in [1.165, 1.54) is 6.92 Å². The highest BCUT2D eigenvalue weighted by molar-refractivity contribution is 5.95. The monoisotopic (exact) mass is 365 g/mol. The number of aromatic nitrogens is 4. The molecule has 5 N–H and O–H groups in total. The van der Waals surface area contributed by atoms with E-state index in [2.05, 4.69) is 30.6 Å². The summed E-state index contributed by atoms with van der Waals surface area (Å²) in [4.78, 5) is 38.6. The molecule has 9 heteroatoms. The Morgan fingerprint density at radius 1 is 1.26 bits per heavy atom. The van der Waals surface area contributed by atoms with Gasteiger partial charge in [-0.25, -0.2) is 15.0 Å². The van der Waals surface area contributed by atoms with Crippen LogP contribution in [0.15, 0.2) is 49.1 Å². The number of hydrogen-bond acceptors (Lipinski definition) is 6. The Kier molecular flexibility index (Phi) is 5.53. The van der Waals surface area contributed by atoms with Crippen LogP contribution < -0.4 is 16.4 Å². The van der Waals surface area contributed by atoms with E-state index in [0.29, 0.717) is 17.8 Å². The molecule has 2 amide bonds. The summed E-state index contributed by atoms with van der Waals surface area (Å²) in [6.07, 6.45) is 5.09. The molecule has 0 aliphatic heterocycles. The molecule has 2 heterocycles. The normalized spacial score (nSPS) is 11.6. The van der Waals surface area contributed by atoms with Crippen LogP contribution in [0, 0.1) is 0 Å². The van der Waals surface area contributed by atoms with Gasteiger partial charge in [0.15, 0.2) is 0 Å². The summed E-state index contributed by atoms with van der Waals surface area (Å²) in [5.74, 6) is -0.334. The topological polar surface area (TPSA) is 139 Å². The van der Waals surface area contributed by atoms with E-state index in [0.717, 1.165) is 11.3 Å². The van der Waals surface area contributed by atoms with Crippen molar-refractivity contribution < 1.29 is 9.59 Å². The molecular formula is C18H19N7O2. The van der Waals surface area contributed by atoms with E-state index in [-0.39, 0.29) is 17.8 Å². The van der Waals surface area contributed by atoms with Crippen LogP contribution in [0.4, 0.5) is 11.6 Å². The smallest absolute Gasteiger partial charge is 0.241 e. The lowest BCUT2D eigenvalue weighted by Crippen LogP contribution is -2.37. The van der Waals surface area contributed by atoms with Gasteiger partial charge in [0.2, 0.25) is 17.8 Å². The van der Waals surface area contributed by atoms with Crippen molar-refractivity contribution in [3.05, 3.63) is 54.7 Å². The van der Waals surface area contributed by atoms with Gasteiger partial charge >= 0.3 is 0 Å². The third-order valence-electron chi connectivity index (χ3n) is 3.70. The number of benzene rings is 1. The fourth-order valence-corrected chi connectivity index (χ4v) is 2.45. The van der Waals surface area contributed by atoms with Gasteiger partial charge in [-0.3, -0.25) is 14.9 Å². The minimum atomic E-state index is -0.709. The number of carbonyl (C=O) groups excluding carboxylic acids is 2. The van der Waals surface area contributed by atoms with Gasteiger partial charge in [0, 0.05) is 42.7 Å². The predicted octanol–water partition coefficient (Wildman–Crippen LogP) is 1.33. The number of nitrogens with one attached hydrogen (secondary N) is 3. The first-order valence-corrected chi connectivity index (χ1v) is 8.26. The lowest BCUT2D eigenvalue weighted by Gasteiger charge is -2.12. The summed E-state index contributed by atoms with van der Waals surface area (Å²) in [6.45, 7) is 1.39. The van der Waals surface area contributed by atoms with Gasteiger partial charge in [0.1, 0.15) is 0 Å². The number of nitrogens with zero attached hydrogens (tertiary/aromatic N) is 3. The molecule has 1 atom stereocenters. The van der Waals surface area contributed by atoms with Crippen LogP contribution in [-0.4, -0.2) is 37.8 Å². The van der Waals surface area contributed by atoms with Gasteiger partial charge < -0.3 is 16.0 Å². The number of imidazole rings is 1. The maximum absolute atomic E-state index is 12.3. The van der Waals surface area contributed by atoms with Gasteiger partial charge in [0.05, 0.1) is 18.1 Å². The first-order chi connectivity index (χ1) is 13.0. The molecule has 0 aliphatic carbocycles. The quantitative estimate of drug-likeness (QED) is 0.520. The number of carbonyl (C=O) groups is 2. The molecule has 0 bridgehead atoms. The standard InChI is InChI=1S/C18H19N7O2/c1-11(26)23-18-21-6-5-16(25-18)12-3-2-4-13(7-12)24-17(27)15(19)8-14-9-20-10-22-14/h2-7,9-10,15H,8,19H2,1H3,(H,20,22)(H,24,27)(H,21,23,25,26)/t15-/m0/s1. The summed E-state index contributed by atoms with van der Waals surface area (Å²) in [6, 6.07) is 8.20. The average Bonchev–Trinajstić information content (AvgIpc) is 3.14. The zero-order valence-corrected chi connectivity index (χ0v) is 14.6. The van der Waals surface area contributed by atoms with E-state index in [9.17, 15) is 9.59 Å². The minimum Gasteiger partial charge on any atom is -0.348 e. The number of anilines is 2. The Balaban J connectivity index is 1.72. The van der Waals surface area contributed by atoms with Gasteiger partial charge in [-0.1, -0.05) is 12.1 Å². The van der Waals surface area contributed by atoms with Crippen molar-refractivity contribution in [1.82, 2.24) is 19.9 Å². The Hall–Kier alpha value is -3.59. The molecule has 9 nitrogen and oxygen atoms in total. The Labute approximate surface area is 155 Å². The van der Waals surface area contributed by atoms with Crippen LogP contribution in [0.2, 0.25) is 0 Å². The zero-order chi connectivity index (χ0) is 19.2. The fourth-order valence-electron chi connectivity index (χ4n) is 2.45. The molecule has 0 spiro atoms. The SMILES string of the molecule is CC(=O)Nc1nccc(-c2cccc(NC(=O)[C@@H](N)Cc3cnc[nH]3)c2)n1. The van der Waals surface area contributed by atoms with Crippen molar-refractivity contribution in [2.24, 2.45) is 5.73 Å². The van der Waals surface area contributed by atoms with E-state index in [4.69, 9.17) is 5.73 Å². The highest BCUT2D eigenvalue weighted by atomic mass is 16.2. The van der Waals surface area contributed by atoms with E-state index in [1.807, 2.05) is 6.07 Å². The van der Waals surface area contributed by atoms with Crippen LogP contribution in [0.25, 0.3) is 11.3 Å². The molecule has 0 saturated carbocycles. The highest BCUT2D eigenvalue weighted by Gasteiger charge is 2.15. The van der Waals surface area contributed by atoms with Crippen molar-refractivity contribution >= 4 is 23.5 Å². The van der Waals surface area contributed by atoms with Gasteiger partial charge in [0.25, 0.3) is 0 Å². The largest absolute Gasteiger partial charge is 0.348 e. The van der Waals surface area contributed by atoms with E-state index < -0.39 is 6.04 Å². The Morgan fingerprint density at radius 3 is 2.85 bits per heavy atom. The molecule has 2 aromatic heterocycles. The molecule has 0 unspecified atom stereocenters. The molecule has 1 aromatic carbocycles. The molecule has 3 aromatic rings. The van der Waals surface area contributed by atoms with Crippen molar-refractivity contribution in [3.63, 3.8) is 0 Å². The number of rotatable bonds is 6. The van der Waals surface area contributed by atoms with Crippen LogP contribution in [-0.2, 0) is 16.0 Å². The first kappa shape index (κ1) is 18.2. The second-order valence-electron chi connectivity index (χ2n) is 5.90. The number of H-pyrrole nitrogens is 1. The summed E-state index contributed by atoms with van der Waals surface area (Å²) in [7, 11) is 0. The number of amides is 2. The highest BCUT2D eigenvalue weighted by Crippen LogP contribution is 2.21. The lowest BCUT2D eigenvalue weighted by atomic mass is 10.1. The van der Waals surface area contributed by atoms with Gasteiger partial charge in [-0.15, -0.1) is 0 Å². The molecule has 0 radical (unpaired) electrons. The van der Waals surface area contributed by atoms with Crippen molar-refractivity contribution in [2.45, 2.75) is 19.4 Å². The summed E-state index contributed by atoms with van der Waals surface area (Å²) in [5, 5.41) is 5.34. The van der Waals surface area contributed by atoms with Crippen molar-refractivity contribution in [2.75, 3.05) is 10.6 Å². The van der Waals surface area contributed by atoms with E-state index in [1.54, 1.807) is 43.0 Å². The maximum atomic E-state index is 12.3. The summed E-state index contributed by atoms with van der Waals surface area (Å²) < 4.78 is 0. The number of hydrogen-bond donors (Lipinski definition) is 4. The minimum absolute atomic E-state index is 0.219. The Morgan fingerprint density at radius 2 is 2.11 bits per heavy atom. The molecule has 0 fully saturated rings. The second kappa shape index (κ2) is 8.19. The Bertz CT molecular complexity index is 940. The van der Waals surface area contributed by atoms with Crippen LogP contribution >= 0.6 is 0 Å². The van der Waals surface area contributed by atoms with Crippen LogP contribution in [0.5, 0.6) is 0 Å². The number of nitrogens with two attached hydrogens (primary N) is 1. The van der Waals surface area contributed by atoms with Crippen molar-refractivity contribution in [1.29, 1.82) is 0 Å². The molecule has 27 heavy (non-hydrogen) atoms. The second-order valence-corrected chi connectivity index (χ2v) is 5.90. The average molecular weight is 365 g/mol. The third-order valence-corrected chi connectivity index (χ3v) is 3.70. The summed E-state index contributed by atoms with van der Waals surface area (Å²) in [5.41, 5.74) is 8.72. The summed E-state index contributed by atoms with van der Waals surface area (Å²) >= 11 is 0. The van der Waals surface area contributed by atoms with Gasteiger partial charge in [-0.2, -0.15) is 0 Å². The van der Waals surface area contributed by atoms with Crippen LogP contribution in [0.1, 0.15) is 12.6 Å². The number of aromatic amines is 1. The maximum Gasteiger partial charge on any atom is 0.241 e. The fraction of sp³-hybridized carbons (Fsp3) is 0.167. The van der Waals surface area contributed by atoms with Gasteiger partial charge in [-0.05, 0) is 18.2 Å². The van der Waals surface area contributed by atoms with Crippen LogP contribution in [0.3, 0.4) is 0 Å². The first-order valence-electron chi connectivity index (χ1n) is 8.26. The zero-order valence-electron chi connectivity index (χ0n) is 14.6. The molecule has 0 aliphatic rings. The lowest BCUT2D eigenvalue weighted by molar-refractivity contribution is -0.117. The van der Waals surface area contributed by atoms with E-state index >= 15 is 0 Å². The molecule has 138 valence electrons. The third kappa shape index (κ3) is 4.95. The predicted molar refractivity (Wildman–Crippen MR) is 101 cm³/mol. The van der Waals surface area contributed by atoms with Crippen molar-refractivity contribution in [3.8, 4) is 11.3 Å². The molecular weight excluding hydrogens is 346 g/mol. The molecule has 0 saturated heterocycles. The molecule has 3 rings (SSSR count).